The van der Waals surface area contributed by atoms with Gasteiger partial charge < -0.3 is 5.11 Å². The monoisotopic (exact) mass is 299 g/mol. The van der Waals surface area contributed by atoms with Crippen LogP contribution in [0.2, 0.25) is 0 Å². The van der Waals surface area contributed by atoms with Crippen LogP contribution in [0.1, 0.15) is 36.9 Å². The summed E-state index contributed by atoms with van der Waals surface area (Å²) in [5.74, 6) is 0. The molecule has 1 heterocycles. The zero-order chi connectivity index (χ0) is 15.8. The molecule has 0 atom stereocenters. The molecule has 0 radical (unpaired) electrons. The van der Waals surface area contributed by atoms with Crippen molar-refractivity contribution in [2.75, 3.05) is 0 Å². The molecule has 0 aliphatic carbocycles. The van der Waals surface area contributed by atoms with Crippen LogP contribution in [0, 0.1) is 0 Å². The Kier molecular flexibility index (Phi) is 5.95. The van der Waals surface area contributed by atoms with Gasteiger partial charge in [-0.25, -0.2) is 9.36 Å². The second-order valence-corrected chi connectivity index (χ2v) is 5.37. The van der Waals surface area contributed by atoms with E-state index >= 15 is 0 Å². The predicted molar refractivity (Wildman–Crippen MR) is 86.4 cm³/mol. The SMILES string of the molecule is O=C(O)n1c(CCCCCCc2ccccc2)cccc1=O. The Hall–Kier alpha value is -2.36. The van der Waals surface area contributed by atoms with Crippen LogP contribution in [0.3, 0.4) is 0 Å². The largest absolute Gasteiger partial charge is 0.464 e. The van der Waals surface area contributed by atoms with Crippen LogP contribution in [0.25, 0.3) is 0 Å². The fraction of sp³-hybridized carbons (Fsp3) is 0.333. The van der Waals surface area contributed by atoms with Crippen molar-refractivity contribution >= 4 is 6.09 Å². The second-order valence-electron chi connectivity index (χ2n) is 5.37. The van der Waals surface area contributed by atoms with Crippen molar-refractivity contribution in [3.05, 3.63) is 70.1 Å². The summed E-state index contributed by atoms with van der Waals surface area (Å²) in [6.07, 6.45) is 4.66. The minimum Gasteiger partial charge on any atom is -0.464 e. The molecule has 0 spiro atoms. The van der Waals surface area contributed by atoms with Crippen LogP contribution >= 0.6 is 0 Å². The third-order valence-corrected chi connectivity index (χ3v) is 3.72. The number of carboxylic acid groups (broad SMARTS) is 1. The highest BCUT2D eigenvalue weighted by Crippen LogP contribution is 2.10. The Morgan fingerprint density at radius 1 is 0.864 bits per heavy atom. The van der Waals surface area contributed by atoms with E-state index < -0.39 is 11.7 Å². The molecule has 2 rings (SSSR count). The van der Waals surface area contributed by atoms with Crippen molar-refractivity contribution in [1.82, 2.24) is 4.57 Å². The average Bonchev–Trinajstić information content (AvgIpc) is 2.51. The maximum absolute atomic E-state index is 11.6. The van der Waals surface area contributed by atoms with Crippen LogP contribution in [0.5, 0.6) is 0 Å². The van der Waals surface area contributed by atoms with E-state index in [1.165, 1.54) is 11.6 Å². The normalized spacial score (nSPS) is 10.5. The van der Waals surface area contributed by atoms with Gasteiger partial charge in [0.15, 0.2) is 0 Å². The molecule has 0 bridgehead atoms. The van der Waals surface area contributed by atoms with Gasteiger partial charge in [-0.1, -0.05) is 49.2 Å². The molecule has 0 fully saturated rings. The molecule has 0 amide bonds. The summed E-state index contributed by atoms with van der Waals surface area (Å²) in [7, 11) is 0. The molecular formula is C18H21NO3. The molecule has 1 aromatic heterocycles. The molecule has 4 nitrogen and oxygen atoms in total. The van der Waals surface area contributed by atoms with Crippen LogP contribution in [0.4, 0.5) is 4.79 Å². The van der Waals surface area contributed by atoms with E-state index in [0.29, 0.717) is 12.1 Å². The van der Waals surface area contributed by atoms with Gasteiger partial charge in [-0.3, -0.25) is 4.79 Å². The molecule has 1 aromatic carbocycles. The summed E-state index contributed by atoms with van der Waals surface area (Å²) in [6, 6.07) is 15.0. The first-order valence-corrected chi connectivity index (χ1v) is 7.66. The van der Waals surface area contributed by atoms with E-state index in [1.807, 2.05) is 6.07 Å². The summed E-state index contributed by atoms with van der Waals surface area (Å²) in [4.78, 5) is 22.7. The standard InChI is InChI=1S/C18H21NO3/c20-17-14-8-13-16(19(17)18(21)22)12-7-2-1-4-9-15-10-5-3-6-11-15/h3,5-6,8,10-11,13-14H,1-2,4,7,9,12H2,(H,21,22). The van der Waals surface area contributed by atoms with Gasteiger partial charge in [-0.05, 0) is 37.3 Å². The van der Waals surface area contributed by atoms with Gasteiger partial charge in [0, 0.05) is 11.8 Å². The molecule has 0 unspecified atom stereocenters. The van der Waals surface area contributed by atoms with E-state index in [-0.39, 0.29) is 0 Å². The summed E-state index contributed by atoms with van der Waals surface area (Å²) in [5, 5.41) is 9.08. The first-order valence-electron chi connectivity index (χ1n) is 7.66. The van der Waals surface area contributed by atoms with Crippen LogP contribution in [-0.2, 0) is 12.8 Å². The molecule has 1 N–H and O–H groups in total. The Bertz CT molecular complexity index is 662. The quantitative estimate of drug-likeness (QED) is 0.793. The maximum atomic E-state index is 11.6. The van der Waals surface area contributed by atoms with E-state index in [1.54, 1.807) is 12.1 Å². The zero-order valence-corrected chi connectivity index (χ0v) is 12.6. The van der Waals surface area contributed by atoms with Gasteiger partial charge in [0.2, 0.25) is 0 Å². The number of rotatable bonds is 7. The summed E-state index contributed by atoms with van der Waals surface area (Å²) in [6.45, 7) is 0. The van der Waals surface area contributed by atoms with E-state index in [0.717, 1.165) is 36.7 Å². The fourth-order valence-electron chi connectivity index (χ4n) is 2.58. The van der Waals surface area contributed by atoms with E-state index in [4.69, 9.17) is 5.11 Å². The topological polar surface area (TPSA) is 59.3 Å². The van der Waals surface area contributed by atoms with Crippen LogP contribution in [0.15, 0.2) is 53.3 Å². The zero-order valence-electron chi connectivity index (χ0n) is 12.6. The number of aromatic nitrogens is 1. The lowest BCUT2D eigenvalue weighted by atomic mass is 10.0. The van der Waals surface area contributed by atoms with Gasteiger partial charge in [0.05, 0.1) is 0 Å². The fourth-order valence-corrected chi connectivity index (χ4v) is 2.58. The lowest BCUT2D eigenvalue weighted by Crippen LogP contribution is -2.27. The minimum absolute atomic E-state index is 0.478. The predicted octanol–water partition coefficient (Wildman–Crippen LogP) is 3.72. The number of unbranched alkanes of at least 4 members (excludes halogenated alkanes) is 3. The highest BCUT2D eigenvalue weighted by molar-refractivity contribution is 5.68. The van der Waals surface area contributed by atoms with Gasteiger partial charge in [0.25, 0.3) is 5.56 Å². The maximum Gasteiger partial charge on any atom is 0.418 e. The van der Waals surface area contributed by atoms with Gasteiger partial charge in [0.1, 0.15) is 0 Å². The van der Waals surface area contributed by atoms with Crippen LogP contribution < -0.4 is 5.56 Å². The number of aryl methyl sites for hydroxylation is 2. The Balaban J connectivity index is 1.74. The Morgan fingerprint density at radius 2 is 1.55 bits per heavy atom. The van der Waals surface area contributed by atoms with Crippen LogP contribution in [-0.4, -0.2) is 15.8 Å². The molecule has 4 heteroatoms. The number of hydrogen-bond acceptors (Lipinski definition) is 2. The van der Waals surface area contributed by atoms with Crippen molar-refractivity contribution < 1.29 is 9.90 Å². The molecule has 0 saturated heterocycles. The van der Waals surface area contributed by atoms with Crippen molar-refractivity contribution in [2.24, 2.45) is 0 Å². The molecule has 0 aliphatic heterocycles. The highest BCUT2D eigenvalue weighted by atomic mass is 16.4. The number of benzene rings is 1. The third kappa shape index (κ3) is 4.58. The summed E-state index contributed by atoms with van der Waals surface area (Å²) < 4.78 is 0.837. The van der Waals surface area contributed by atoms with Crippen molar-refractivity contribution in [1.29, 1.82) is 0 Å². The molecular weight excluding hydrogens is 278 g/mol. The lowest BCUT2D eigenvalue weighted by Gasteiger charge is -2.07. The number of hydrogen-bond donors (Lipinski definition) is 1. The smallest absolute Gasteiger partial charge is 0.418 e. The molecule has 0 saturated carbocycles. The Morgan fingerprint density at radius 3 is 2.23 bits per heavy atom. The summed E-state index contributed by atoms with van der Waals surface area (Å²) >= 11 is 0. The third-order valence-electron chi connectivity index (χ3n) is 3.72. The van der Waals surface area contributed by atoms with Crippen molar-refractivity contribution in [3.8, 4) is 0 Å². The second kappa shape index (κ2) is 8.17. The lowest BCUT2D eigenvalue weighted by molar-refractivity contribution is 0.194. The van der Waals surface area contributed by atoms with Gasteiger partial charge in [-0.15, -0.1) is 0 Å². The molecule has 116 valence electrons. The van der Waals surface area contributed by atoms with Gasteiger partial charge in [-0.2, -0.15) is 0 Å². The number of carbonyl (C=O) groups is 1. The molecule has 0 aliphatic rings. The number of pyridine rings is 1. The van der Waals surface area contributed by atoms with E-state index in [2.05, 4.69) is 24.3 Å². The first-order chi connectivity index (χ1) is 10.7. The molecule has 2 aromatic rings. The average molecular weight is 299 g/mol. The minimum atomic E-state index is -1.20. The van der Waals surface area contributed by atoms with Crippen molar-refractivity contribution in [2.45, 2.75) is 38.5 Å². The Labute approximate surface area is 130 Å². The van der Waals surface area contributed by atoms with E-state index in [9.17, 15) is 9.59 Å². The van der Waals surface area contributed by atoms with Crippen molar-refractivity contribution in [3.63, 3.8) is 0 Å². The first kappa shape index (κ1) is 16.0. The summed E-state index contributed by atoms with van der Waals surface area (Å²) in [5.41, 5.74) is 1.45. The molecule has 22 heavy (non-hydrogen) atoms. The van der Waals surface area contributed by atoms with Gasteiger partial charge >= 0.3 is 6.09 Å². The number of nitrogens with zero attached hydrogens (tertiary/aromatic N) is 1. The highest BCUT2D eigenvalue weighted by Gasteiger charge is 2.09.